The van der Waals surface area contributed by atoms with Gasteiger partial charge in [-0.1, -0.05) is 45.9 Å². The van der Waals surface area contributed by atoms with Crippen LogP contribution in [0.15, 0.2) is 42.5 Å². The van der Waals surface area contributed by atoms with E-state index in [0.717, 1.165) is 11.6 Å². The molecule has 0 atom stereocenters. The van der Waals surface area contributed by atoms with E-state index in [9.17, 15) is 14.0 Å². The highest BCUT2D eigenvalue weighted by Gasteiger charge is 2.16. The van der Waals surface area contributed by atoms with Crippen molar-refractivity contribution in [2.75, 3.05) is 5.32 Å². The maximum absolute atomic E-state index is 14.2. The Balaban J connectivity index is 2.16. The second kappa shape index (κ2) is 7.39. The standard InChI is InChI=1S/C20H22FNO2/c1-12(2)14-5-8-16(9-6-14)22-20(24)17-10-7-15(11-18(17)21)19(23)13(3)4/h5-13H,1-4H3,(H,22,24). The minimum Gasteiger partial charge on any atom is -0.322 e. The first-order chi connectivity index (χ1) is 11.3. The summed E-state index contributed by atoms with van der Waals surface area (Å²) in [5.41, 5.74) is 1.96. The lowest BCUT2D eigenvalue weighted by molar-refractivity contribution is 0.0937. The van der Waals surface area contributed by atoms with Crippen molar-refractivity contribution >= 4 is 17.4 Å². The summed E-state index contributed by atoms with van der Waals surface area (Å²) in [6.45, 7) is 7.68. The number of nitrogens with one attached hydrogen (secondary N) is 1. The number of ketones is 1. The minimum absolute atomic E-state index is 0.0803. The molecule has 1 amide bonds. The summed E-state index contributed by atoms with van der Waals surface area (Å²) in [7, 11) is 0. The zero-order valence-corrected chi connectivity index (χ0v) is 14.4. The molecule has 126 valence electrons. The number of halogens is 1. The summed E-state index contributed by atoms with van der Waals surface area (Å²) in [4.78, 5) is 24.1. The zero-order chi connectivity index (χ0) is 17.9. The monoisotopic (exact) mass is 327 g/mol. The molecule has 2 aromatic rings. The van der Waals surface area contributed by atoms with Gasteiger partial charge in [-0.3, -0.25) is 9.59 Å². The molecule has 2 aromatic carbocycles. The molecule has 0 heterocycles. The van der Waals surface area contributed by atoms with Gasteiger partial charge >= 0.3 is 0 Å². The van der Waals surface area contributed by atoms with Crippen LogP contribution in [0.3, 0.4) is 0 Å². The van der Waals surface area contributed by atoms with Gasteiger partial charge in [0.25, 0.3) is 5.91 Å². The van der Waals surface area contributed by atoms with E-state index in [4.69, 9.17) is 0 Å². The number of carbonyl (C=O) groups excluding carboxylic acids is 2. The molecule has 0 radical (unpaired) electrons. The van der Waals surface area contributed by atoms with E-state index in [1.165, 1.54) is 12.1 Å². The van der Waals surface area contributed by atoms with Crippen LogP contribution in [-0.2, 0) is 0 Å². The molecule has 24 heavy (non-hydrogen) atoms. The van der Waals surface area contributed by atoms with Crippen LogP contribution in [-0.4, -0.2) is 11.7 Å². The van der Waals surface area contributed by atoms with Crippen LogP contribution >= 0.6 is 0 Å². The van der Waals surface area contributed by atoms with Crippen molar-refractivity contribution in [3.8, 4) is 0 Å². The number of hydrogen-bond acceptors (Lipinski definition) is 2. The molecule has 0 saturated heterocycles. The quantitative estimate of drug-likeness (QED) is 0.782. The predicted molar refractivity (Wildman–Crippen MR) is 94.1 cm³/mol. The molecule has 1 N–H and O–H groups in total. The van der Waals surface area contributed by atoms with Gasteiger partial charge in [-0.25, -0.2) is 4.39 Å². The maximum atomic E-state index is 14.2. The lowest BCUT2D eigenvalue weighted by Crippen LogP contribution is -2.15. The third kappa shape index (κ3) is 4.07. The van der Waals surface area contributed by atoms with Gasteiger partial charge in [0.1, 0.15) is 5.82 Å². The van der Waals surface area contributed by atoms with Gasteiger partial charge in [-0.2, -0.15) is 0 Å². The van der Waals surface area contributed by atoms with Crippen LogP contribution in [0.2, 0.25) is 0 Å². The van der Waals surface area contributed by atoms with E-state index in [1.54, 1.807) is 26.0 Å². The Hall–Kier alpha value is -2.49. The van der Waals surface area contributed by atoms with Crippen molar-refractivity contribution in [1.82, 2.24) is 0 Å². The molecule has 0 unspecified atom stereocenters. The molecule has 0 saturated carbocycles. The molecule has 0 bridgehead atoms. The summed E-state index contributed by atoms with van der Waals surface area (Å²) >= 11 is 0. The summed E-state index contributed by atoms with van der Waals surface area (Å²) < 4.78 is 14.2. The van der Waals surface area contributed by atoms with Gasteiger partial charge in [0.2, 0.25) is 0 Å². The lowest BCUT2D eigenvalue weighted by Gasteiger charge is -2.10. The van der Waals surface area contributed by atoms with Crippen LogP contribution in [0.1, 0.15) is 59.9 Å². The summed E-state index contributed by atoms with van der Waals surface area (Å²) in [6.07, 6.45) is 0. The summed E-state index contributed by atoms with van der Waals surface area (Å²) in [6, 6.07) is 11.4. The molecule has 0 aliphatic rings. The second-order valence-electron chi connectivity index (χ2n) is 6.44. The van der Waals surface area contributed by atoms with E-state index in [2.05, 4.69) is 19.2 Å². The maximum Gasteiger partial charge on any atom is 0.258 e. The average molecular weight is 327 g/mol. The molecule has 0 aliphatic heterocycles. The summed E-state index contributed by atoms with van der Waals surface area (Å²) in [5, 5.41) is 2.67. The molecule has 0 aliphatic carbocycles. The fourth-order valence-electron chi connectivity index (χ4n) is 2.34. The number of anilines is 1. The van der Waals surface area contributed by atoms with E-state index in [1.807, 2.05) is 12.1 Å². The van der Waals surface area contributed by atoms with Crippen LogP contribution < -0.4 is 5.32 Å². The van der Waals surface area contributed by atoms with E-state index in [-0.39, 0.29) is 22.8 Å². The first-order valence-electron chi connectivity index (χ1n) is 8.04. The molecule has 0 aromatic heterocycles. The van der Waals surface area contributed by atoms with Crippen molar-refractivity contribution in [3.05, 3.63) is 65.0 Å². The fraction of sp³-hybridized carbons (Fsp3) is 0.300. The molecular formula is C20H22FNO2. The van der Waals surface area contributed by atoms with Gasteiger partial charge in [0.05, 0.1) is 5.56 Å². The smallest absolute Gasteiger partial charge is 0.258 e. The summed E-state index contributed by atoms with van der Waals surface area (Å²) in [5.74, 6) is -1.20. The van der Waals surface area contributed by atoms with Crippen molar-refractivity contribution < 1.29 is 14.0 Å². The van der Waals surface area contributed by atoms with Crippen molar-refractivity contribution in [2.45, 2.75) is 33.6 Å². The van der Waals surface area contributed by atoms with Gasteiger partial charge < -0.3 is 5.32 Å². The Morgan fingerprint density at radius 2 is 1.58 bits per heavy atom. The van der Waals surface area contributed by atoms with E-state index < -0.39 is 11.7 Å². The number of hydrogen-bond donors (Lipinski definition) is 1. The number of Topliss-reactive ketones (excluding diaryl/α,β-unsaturated/α-hetero) is 1. The highest BCUT2D eigenvalue weighted by Crippen LogP contribution is 2.19. The Morgan fingerprint density at radius 1 is 0.958 bits per heavy atom. The third-order valence-corrected chi connectivity index (χ3v) is 3.86. The first-order valence-corrected chi connectivity index (χ1v) is 8.04. The van der Waals surface area contributed by atoms with Crippen molar-refractivity contribution in [1.29, 1.82) is 0 Å². The average Bonchev–Trinajstić information content (AvgIpc) is 2.54. The van der Waals surface area contributed by atoms with E-state index in [0.29, 0.717) is 11.6 Å². The van der Waals surface area contributed by atoms with Crippen molar-refractivity contribution in [2.24, 2.45) is 5.92 Å². The first kappa shape index (κ1) is 17.9. The molecular weight excluding hydrogens is 305 g/mol. The highest BCUT2D eigenvalue weighted by molar-refractivity contribution is 6.05. The second-order valence-corrected chi connectivity index (χ2v) is 6.44. The largest absolute Gasteiger partial charge is 0.322 e. The van der Waals surface area contributed by atoms with Gasteiger partial charge in [0, 0.05) is 17.2 Å². The highest BCUT2D eigenvalue weighted by atomic mass is 19.1. The third-order valence-electron chi connectivity index (χ3n) is 3.86. The molecule has 3 nitrogen and oxygen atoms in total. The molecule has 0 fully saturated rings. The minimum atomic E-state index is -0.696. The number of rotatable bonds is 5. The SMILES string of the molecule is CC(C)C(=O)c1ccc(C(=O)Nc2ccc(C(C)C)cc2)c(F)c1. The number of amides is 1. The van der Waals surface area contributed by atoms with Crippen LogP contribution in [0, 0.1) is 11.7 Å². The van der Waals surface area contributed by atoms with Crippen molar-refractivity contribution in [3.63, 3.8) is 0 Å². The number of carbonyl (C=O) groups is 2. The fourth-order valence-corrected chi connectivity index (χ4v) is 2.34. The van der Waals surface area contributed by atoms with Crippen LogP contribution in [0.25, 0.3) is 0 Å². The van der Waals surface area contributed by atoms with Gasteiger partial charge in [-0.05, 0) is 35.7 Å². The normalized spacial score (nSPS) is 11.0. The van der Waals surface area contributed by atoms with Crippen LogP contribution in [0.4, 0.5) is 10.1 Å². The molecule has 2 rings (SSSR count). The lowest BCUT2D eigenvalue weighted by atomic mass is 9.99. The topological polar surface area (TPSA) is 46.2 Å². The Labute approximate surface area is 141 Å². The Kier molecular flexibility index (Phi) is 5.50. The number of benzene rings is 2. The van der Waals surface area contributed by atoms with Gasteiger partial charge in [0.15, 0.2) is 5.78 Å². The Morgan fingerprint density at radius 3 is 2.08 bits per heavy atom. The van der Waals surface area contributed by atoms with E-state index >= 15 is 0 Å². The molecule has 4 heteroatoms. The molecule has 0 spiro atoms. The predicted octanol–water partition coefficient (Wildman–Crippen LogP) is 5.04. The Bertz CT molecular complexity index is 749. The van der Waals surface area contributed by atoms with Gasteiger partial charge in [-0.15, -0.1) is 0 Å². The zero-order valence-electron chi connectivity index (χ0n) is 14.4. The van der Waals surface area contributed by atoms with Crippen LogP contribution in [0.5, 0.6) is 0 Å².